The Kier molecular flexibility index (Phi) is 7.85. The lowest BCUT2D eigenvalue weighted by Crippen LogP contribution is -2.41. The first-order valence-corrected chi connectivity index (χ1v) is 13.0. The van der Waals surface area contributed by atoms with Crippen LogP contribution in [0.5, 0.6) is 11.5 Å². The van der Waals surface area contributed by atoms with E-state index in [1.165, 1.54) is 5.01 Å². The third-order valence-corrected chi connectivity index (χ3v) is 6.87. The Morgan fingerprint density at radius 3 is 2.58 bits per heavy atom. The number of nitrogens with zero attached hydrogens (tertiary/aromatic N) is 4. The van der Waals surface area contributed by atoms with Crippen LogP contribution in [0.1, 0.15) is 17.5 Å². The molecule has 11 heteroatoms. The zero-order valence-corrected chi connectivity index (χ0v) is 21.7. The number of amides is 2. The molecule has 2 amide bonds. The summed E-state index contributed by atoms with van der Waals surface area (Å²) in [6, 6.07) is 15.0. The van der Waals surface area contributed by atoms with Crippen LogP contribution < -0.4 is 9.47 Å². The van der Waals surface area contributed by atoms with E-state index in [9.17, 15) is 9.59 Å². The van der Waals surface area contributed by atoms with E-state index in [0.29, 0.717) is 55.5 Å². The molecule has 1 N–H and O–H groups in total. The number of fused-ring (bicyclic) bond motifs is 1. The molecule has 0 atom stereocenters. The molecular weight excluding hydrogens is 506 g/mol. The summed E-state index contributed by atoms with van der Waals surface area (Å²) in [4.78, 5) is 31.1. The molecule has 3 aliphatic heterocycles. The summed E-state index contributed by atoms with van der Waals surface area (Å²) in [6.45, 7) is 4.95. The first-order chi connectivity index (χ1) is 18.5. The number of aliphatic imine (C=N–C) groups is 1. The largest absolute Gasteiger partial charge is 0.490 e. The minimum atomic E-state index is -0.515. The molecule has 1 fully saturated rings. The number of benzene rings is 2. The number of hydrogen-bond acceptors (Lipinski definition) is 8. The van der Waals surface area contributed by atoms with Gasteiger partial charge in [0.25, 0.3) is 5.91 Å². The predicted octanol–water partition coefficient (Wildman–Crippen LogP) is 3.32. The van der Waals surface area contributed by atoms with Crippen LogP contribution in [-0.4, -0.2) is 77.3 Å². The zero-order chi connectivity index (χ0) is 26.5. The zero-order valence-electron chi connectivity index (χ0n) is 20.9. The van der Waals surface area contributed by atoms with Crippen molar-refractivity contribution in [3.8, 4) is 11.5 Å². The van der Waals surface area contributed by atoms with Gasteiger partial charge in [0.15, 0.2) is 5.84 Å². The smallest absolute Gasteiger partial charge is 0.283 e. The van der Waals surface area contributed by atoms with Crippen molar-refractivity contribution in [2.45, 2.75) is 13.3 Å². The Hall–Kier alpha value is -3.96. The maximum absolute atomic E-state index is 12.7. The fourth-order valence-electron chi connectivity index (χ4n) is 4.01. The quantitative estimate of drug-likeness (QED) is 0.409. The van der Waals surface area contributed by atoms with Gasteiger partial charge in [0.1, 0.15) is 29.8 Å². The highest BCUT2D eigenvalue weighted by atomic mass is 32.2. The van der Waals surface area contributed by atoms with Crippen molar-refractivity contribution in [2.75, 3.05) is 39.5 Å². The molecule has 3 heterocycles. The average Bonchev–Trinajstić information content (AvgIpc) is 3.32. The maximum atomic E-state index is 12.7. The SMILES string of the molecule is Cc1cccc(OCCOc2ccc(/C=C3/C(=N)N4N=C(CC(=O)N5CCOCC5)SC4=NC3=O)cc2)c1. The molecule has 0 spiro atoms. The van der Waals surface area contributed by atoms with Gasteiger partial charge in [-0.05, 0) is 60.2 Å². The Labute approximate surface area is 224 Å². The van der Waals surface area contributed by atoms with Crippen LogP contribution >= 0.6 is 11.8 Å². The fourth-order valence-corrected chi connectivity index (χ4v) is 4.88. The lowest BCUT2D eigenvalue weighted by Gasteiger charge is -2.26. The van der Waals surface area contributed by atoms with E-state index in [1.54, 1.807) is 35.2 Å². The molecule has 0 unspecified atom stereocenters. The van der Waals surface area contributed by atoms with Crippen LogP contribution in [0.4, 0.5) is 0 Å². The number of carbonyl (C=O) groups excluding carboxylic acids is 2. The van der Waals surface area contributed by atoms with E-state index in [2.05, 4.69) is 10.1 Å². The molecule has 0 bridgehead atoms. The highest BCUT2D eigenvalue weighted by Crippen LogP contribution is 2.30. The standard InChI is InChI=1S/C27H27N5O5S/c1-18-3-2-4-21(15-18)37-14-13-36-20-7-5-19(6-8-20)16-22-25(28)32-27(29-26(22)34)38-23(30-32)17-24(33)31-9-11-35-12-10-31/h2-8,15-16,28H,9-14,17H2,1H3/b22-16-,28-25?. The summed E-state index contributed by atoms with van der Waals surface area (Å²) in [5, 5.41) is 15.0. The van der Waals surface area contributed by atoms with Crippen molar-refractivity contribution in [3.05, 3.63) is 65.2 Å². The number of nitrogens with one attached hydrogen (secondary N) is 1. The van der Waals surface area contributed by atoms with Gasteiger partial charge < -0.3 is 19.1 Å². The lowest BCUT2D eigenvalue weighted by atomic mass is 10.1. The number of ether oxygens (including phenoxy) is 3. The van der Waals surface area contributed by atoms with Crippen molar-refractivity contribution in [3.63, 3.8) is 0 Å². The maximum Gasteiger partial charge on any atom is 0.283 e. The monoisotopic (exact) mass is 533 g/mol. The van der Waals surface area contributed by atoms with Crippen LogP contribution in [0, 0.1) is 12.3 Å². The van der Waals surface area contributed by atoms with Crippen molar-refractivity contribution in [2.24, 2.45) is 10.1 Å². The van der Waals surface area contributed by atoms with Crippen LogP contribution in [0.3, 0.4) is 0 Å². The molecule has 0 radical (unpaired) electrons. The van der Waals surface area contributed by atoms with Gasteiger partial charge in [0.2, 0.25) is 11.1 Å². The molecule has 10 nitrogen and oxygen atoms in total. The van der Waals surface area contributed by atoms with Gasteiger partial charge in [-0.25, -0.2) is 0 Å². The molecular formula is C27H27N5O5S. The molecule has 196 valence electrons. The van der Waals surface area contributed by atoms with Gasteiger partial charge >= 0.3 is 0 Å². The normalized spacial score (nSPS) is 18.3. The van der Waals surface area contributed by atoms with Crippen molar-refractivity contribution in [1.82, 2.24) is 9.91 Å². The second kappa shape index (κ2) is 11.6. The van der Waals surface area contributed by atoms with Crippen molar-refractivity contribution in [1.29, 1.82) is 5.41 Å². The number of morpholine rings is 1. The fraction of sp³-hybridized carbons (Fsp3) is 0.296. The summed E-state index contributed by atoms with van der Waals surface area (Å²) >= 11 is 1.14. The van der Waals surface area contributed by atoms with Crippen LogP contribution in [0.15, 0.2) is 64.2 Å². The molecule has 2 aromatic carbocycles. The number of carbonyl (C=O) groups is 2. The minimum Gasteiger partial charge on any atom is -0.490 e. The van der Waals surface area contributed by atoms with Gasteiger partial charge in [0.05, 0.1) is 25.2 Å². The Morgan fingerprint density at radius 2 is 1.84 bits per heavy atom. The van der Waals surface area contributed by atoms with Gasteiger partial charge in [-0.3, -0.25) is 15.0 Å². The molecule has 2 aromatic rings. The number of hydrogen-bond donors (Lipinski definition) is 1. The van der Waals surface area contributed by atoms with E-state index in [1.807, 2.05) is 31.2 Å². The topological polar surface area (TPSA) is 117 Å². The number of thioether (sulfide) groups is 1. The third kappa shape index (κ3) is 6.12. The Balaban J connectivity index is 1.17. The van der Waals surface area contributed by atoms with Gasteiger partial charge in [-0.15, -0.1) is 0 Å². The molecule has 1 saturated heterocycles. The highest BCUT2D eigenvalue weighted by molar-refractivity contribution is 8.27. The number of aryl methyl sites for hydroxylation is 1. The predicted molar refractivity (Wildman–Crippen MR) is 146 cm³/mol. The number of rotatable bonds is 8. The molecule has 0 aromatic heterocycles. The Morgan fingerprint density at radius 1 is 1.11 bits per heavy atom. The number of amidine groups is 2. The second-order valence-corrected chi connectivity index (χ2v) is 9.81. The minimum absolute atomic E-state index is 0.0577. The van der Waals surface area contributed by atoms with Crippen molar-refractivity contribution >= 4 is 45.7 Å². The molecule has 0 saturated carbocycles. The van der Waals surface area contributed by atoms with Crippen molar-refractivity contribution < 1.29 is 23.8 Å². The number of hydrazone groups is 1. The van der Waals surface area contributed by atoms with E-state index in [4.69, 9.17) is 19.6 Å². The summed E-state index contributed by atoms with van der Waals surface area (Å²) in [6.07, 6.45) is 1.70. The van der Waals surface area contributed by atoms with E-state index < -0.39 is 5.91 Å². The summed E-state index contributed by atoms with van der Waals surface area (Å²) in [5.41, 5.74) is 1.98. The van der Waals surface area contributed by atoms with Crippen LogP contribution in [-0.2, 0) is 14.3 Å². The second-order valence-electron chi connectivity index (χ2n) is 8.77. The summed E-state index contributed by atoms with van der Waals surface area (Å²) < 4.78 is 16.7. The van der Waals surface area contributed by atoms with Gasteiger partial charge in [-0.2, -0.15) is 15.1 Å². The molecule has 38 heavy (non-hydrogen) atoms. The molecule has 5 rings (SSSR count). The lowest BCUT2D eigenvalue weighted by molar-refractivity contribution is -0.133. The average molecular weight is 534 g/mol. The van der Waals surface area contributed by atoms with E-state index in [0.717, 1.165) is 28.6 Å². The van der Waals surface area contributed by atoms with Gasteiger partial charge in [0, 0.05) is 13.1 Å². The Bertz CT molecular complexity index is 1330. The van der Waals surface area contributed by atoms with Crippen LogP contribution in [0.25, 0.3) is 6.08 Å². The third-order valence-electron chi connectivity index (χ3n) is 5.96. The molecule has 3 aliphatic rings. The summed E-state index contributed by atoms with van der Waals surface area (Å²) in [7, 11) is 0. The molecule has 0 aliphatic carbocycles. The summed E-state index contributed by atoms with van der Waals surface area (Å²) in [5.74, 6) is 0.823. The van der Waals surface area contributed by atoms with Gasteiger partial charge in [-0.1, -0.05) is 24.3 Å². The van der Waals surface area contributed by atoms with Crippen LogP contribution in [0.2, 0.25) is 0 Å². The van der Waals surface area contributed by atoms with E-state index >= 15 is 0 Å². The highest BCUT2D eigenvalue weighted by Gasteiger charge is 2.36. The first kappa shape index (κ1) is 25.7. The first-order valence-electron chi connectivity index (χ1n) is 12.2. The van der Waals surface area contributed by atoms with E-state index in [-0.39, 0.29) is 23.7 Å².